The molecule has 1 aromatic carbocycles. The van der Waals surface area contributed by atoms with E-state index in [9.17, 15) is 4.79 Å². The van der Waals surface area contributed by atoms with Gasteiger partial charge in [-0.25, -0.2) is 4.79 Å². The molecule has 0 unspecified atom stereocenters. The van der Waals surface area contributed by atoms with Crippen molar-refractivity contribution in [3.63, 3.8) is 0 Å². The van der Waals surface area contributed by atoms with Gasteiger partial charge in [0.15, 0.2) is 0 Å². The number of hydrogen-bond donors (Lipinski definition) is 1. The molecule has 3 rings (SSSR count). The molecule has 22 heavy (non-hydrogen) atoms. The molecule has 0 spiro atoms. The molecule has 0 fully saturated rings. The second-order valence-electron chi connectivity index (χ2n) is 4.23. The fourth-order valence-electron chi connectivity index (χ4n) is 1.72. The van der Waals surface area contributed by atoms with E-state index in [2.05, 4.69) is 15.3 Å². The summed E-state index contributed by atoms with van der Waals surface area (Å²) in [6, 6.07) is 7.39. The molecular formula is C13H9ClN4O3S. The van der Waals surface area contributed by atoms with E-state index in [-0.39, 0.29) is 16.5 Å². The Kier molecular flexibility index (Phi) is 3.78. The van der Waals surface area contributed by atoms with Crippen molar-refractivity contribution in [3.05, 3.63) is 45.9 Å². The summed E-state index contributed by atoms with van der Waals surface area (Å²) in [5.41, 5.74) is 5.61. The first-order valence-corrected chi connectivity index (χ1v) is 7.28. The number of nitrogens with zero attached hydrogens (tertiary/aromatic N) is 3. The van der Waals surface area contributed by atoms with Crippen molar-refractivity contribution in [2.75, 3.05) is 0 Å². The van der Waals surface area contributed by atoms with Crippen molar-refractivity contribution in [2.24, 2.45) is 10.9 Å². The third-order valence-corrected chi connectivity index (χ3v) is 4.36. The third-order valence-electron chi connectivity index (χ3n) is 2.70. The number of fused-ring (bicyclic) bond motifs is 1. The highest BCUT2D eigenvalue weighted by Gasteiger charge is 2.19. The lowest BCUT2D eigenvalue weighted by molar-refractivity contribution is 0.0522. The van der Waals surface area contributed by atoms with Gasteiger partial charge in [0.2, 0.25) is 17.6 Å². The van der Waals surface area contributed by atoms with E-state index in [1.165, 1.54) is 11.3 Å². The second-order valence-corrected chi connectivity index (χ2v) is 5.66. The number of carbonyl (C=O) groups excluding carboxylic acids is 1. The highest BCUT2D eigenvalue weighted by molar-refractivity contribution is 7.21. The number of thiophene rings is 1. The zero-order valence-corrected chi connectivity index (χ0v) is 12.8. The van der Waals surface area contributed by atoms with E-state index >= 15 is 0 Å². The number of aryl methyl sites for hydroxylation is 1. The zero-order chi connectivity index (χ0) is 15.7. The van der Waals surface area contributed by atoms with Crippen LogP contribution in [-0.4, -0.2) is 21.9 Å². The van der Waals surface area contributed by atoms with Gasteiger partial charge in [-0.15, -0.1) is 11.3 Å². The van der Waals surface area contributed by atoms with Gasteiger partial charge in [-0.05, 0) is 6.07 Å². The van der Waals surface area contributed by atoms with Gasteiger partial charge in [-0.3, -0.25) is 0 Å². The van der Waals surface area contributed by atoms with E-state index in [0.717, 1.165) is 10.1 Å². The summed E-state index contributed by atoms with van der Waals surface area (Å²) in [5, 5.41) is 8.18. The molecule has 0 aliphatic heterocycles. The number of amidine groups is 1. The number of oxime groups is 1. The number of hydrogen-bond acceptors (Lipinski definition) is 7. The average molecular weight is 337 g/mol. The van der Waals surface area contributed by atoms with Crippen LogP contribution in [0.3, 0.4) is 0 Å². The van der Waals surface area contributed by atoms with Crippen LogP contribution in [0.2, 0.25) is 5.02 Å². The molecule has 3 aromatic rings. The Hall–Kier alpha value is -2.45. The van der Waals surface area contributed by atoms with Crippen molar-refractivity contribution in [1.82, 2.24) is 10.1 Å². The Morgan fingerprint density at radius 1 is 1.45 bits per heavy atom. The monoisotopic (exact) mass is 336 g/mol. The number of halogens is 1. The molecule has 0 radical (unpaired) electrons. The maximum Gasteiger partial charge on any atom is 0.377 e. The van der Waals surface area contributed by atoms with E-state index in [1.54, 1.807) is 6.92 Å². The van der Waals surface area contributed by atoms with Gasteiger partial charge in [0.05, 0.1) is 5.02 Å². The molecule has 112 valence electrons. The van der Waals surface area contributed by atoms with Gasteiger partial charge in [0, 0.05) is 17.0 Å². The molecule has 0 bridgehead atoms. The van der Waals surface area contributed by atoms with Crippen LogP contribution in [0.25, 0.3) is 10.1 Å². The first-order valence-electron chi connectivity index (χ1n) is 6.09. The summed E-state index contributed by atoms with van der Waals surface area (Å²) in [6.07, 6.45) is 0. The molecule has 9 heteroatoms. The molecular weight excluding hydrogens is 328 g/mol. The summed E-state index contributed by atoms with van der Waals surface area (Å²) >= 11 is 7.40. The Balaban J connectivity index is 1.83. The lowest BCUT2D eigenvalue weighted by Crippen LogP contribution is -2.16. The quantitative estimate of drug-likeness (QED) is 0.341. The topological polar surface area (TPSA) is 104 Å². The smallest absolute Gasteiger partial charge is 0.377 e. The Bertz CT molecular complexity index is 886. The molecule has 0 amide bonds. The average Bonchev–Trinajstić information content (AvgIpc) is 3.09. The van der Waals surface area contributed by atoms with Crippen LogP contribution in [0.1, 0.15) is 21.4 Å². The Morgan fingerprint density at radius 3 is 2.91 bits per heavy atom. The highest BCUT2D eigenvalue weighted by Crippen LogP contribution is 2.35. The zero-order valence-electron chi connectivity index (χ0n) is 11.2. The fraction of sp³-hybridized carbons (Fsp3) is 0.0769. The van der Waals surface area contributed by atoms with E-state index in [1.807, 2.05) is 24.3 Å². The first kappa shape index (κ1) is 14.5. The summed E-state index contributed by atoms with van der Waals surface area (Å²) in [5.74, 6) is -0.489. The standard InChI is InChI=1S/C13H9ClN4O3S/c1-6-16-12(18-20-6)11(15)17-21-13(19)10-9(14)7-4-2-3-5-8(7)22-10/h2-5H,1H3,(H2,15,17). The normalized spacial score (nSPS) is 11.8. The van der Waals surface area contributed by atoms with Crippen molar-refractivity contribution >= 4 is 44.8 Å². The molecule has 2 aromatic heterocycles. The minimum absolute atomic E-state index is 0.0488. The van der Waals surface area contributed by atoms with E-state index in [0.29, 0.717) is 10.9 Å². The molecule has 2 heterocycles. The summed E-state index contributed by atoms with van der Waals surface area (Å²) in [4.78, 5) is 21.0. The lowest BCUT2D eigenvalue weighted by Gasteiger charge is -1.96. The van der Waals surface area contributed by atoms with Crippen LogP contribution in [0, 0.1) is 6.92 Å². The maximum absolute atomic E-state index is 12.1. The van der Waals surface area contributed by atoms with Gasteiger partial charge in [0.1, 0.15) is 4.88 Å². The number of rotatable bonds is 3. The number of aromatic nitrogens is 2. The molecule has 2 N–H and O–H groups in total. The maximum atomic E-state index is 12.1. The van der Waals surface area contributed by atoms with Crippen molar-refractivity contribution in [2.45, 2.75) is 6.92 Å². The van der Waals surface area contributed by atoms with E-state index < -0.39 is 5.97 Å². The second kappa shape index (κ2) is 5.74. The van der Waals surface area contributed by atoms with Crippen LogP contribution in [-0.2, 0) is 4.84 Å². The number of carbonyl (C=O) groups is 1. The minimum atomic E-state index is -0.700. The lowest BCUT2D eigenvalue weighted by atomic mass is 10.2. The Labute approximate surface area is 133 Å². The van der Waals surface area contributed by atoms with Gasteiger partial charge in [-0.1, -0.05) is 40.1 Å². The molecule has 0 saturated carbocycles. The minimum Gasteiger partial charge on any atom is -0.378 e. The third kappa shape index (κ3) is 2.66. The van der Waals surface area contributed by atoms with Gasteiger partial charge >= 0.3 is 5.97 Å². The first-order chi connectivity index (χ1) is 10.6. The van der Waals surface area contributed by atoms with Gasteiger partial charge in [0.25, 0.3) is 0 Å². The SMILES string of the molecule is Cc1nc(/C(N)=N/OC(=O)c2sc3ccccc3c2Cl)no1. The summed E-state index contributed by atoms with van der Waals surface area (Å²) in [6.45, 7) is 1.60. The van der Waals surface area contributed by atoms with Crippen LogP contribution >= 0.6 is 22.9 Å². The van der Waals surface area contributed by atoms with Crippen molar-refractivity contribution in [3.8, 4) is 0 Å². The highest BCUT2D eigenvalue weighted by atomic mass is 35.5. The van der Waals surface area contributed by atoms with Crippen LogP contribution in [0.4, 0.5) is 0 Å². The fourth-order valence-corrected chi connectivity index (χ4v) is 3.10. The predicted octanol–water partition coefficient (Wildman–Crippen LogP) is 2.72. The molecule has 0 saturated heterocycles. The summed E-state index contributed by atoms with van der Waals surface area (Å²) in [7, 11) is 0. The van der Waals surface area contributed by atoms with E-state index in [4.69, 9.17) is 26.7 Å². The van der Waals surface area contributed by atoms with Gasteiger partial charge < -0.3 is 15.1 Å². The van der Waals surface area contributed by atoms with Crippen LogP contribution < -0.4 is 5.73 Å². The molecule has 7 nitrogen and oxygen atoms in total. The summed E-state index contributed by atoms with van der Waals surface area (Å²) < 4.78 is 5.63. The molecule has 0 atom stereocenters. The number of benzene rings is 1. The molecule has 0 aliphatic carbocycles. The van der Waals surface area contributed by atoms with Crippen LogP contribution in [0.5, 0.6) is 0 Å². The molecule has 0 aliphatic rings. The number of nitrogens with two attached hydrogens (primary N) is 1. The largest absolute Gasteiger partial charge is 0.378 e. The van der Waals surface area contributed by atoms with Gasteiger partial charge in [-0.2, -0.15) is 4.98 Å². The van der Waals surface area contributed by atoms with Crippen molar-refractivity contribution in [1.29, 1.82) is 0 Å². The Morgan fingerprint density at radius 2 is 2.23 bits per heavy atom. The predicted molar refractivity (Wildman–Crippen MR) is 82.0 cm³/mol. The van der Waals surface area contributed by atoms with Crippen molar-refractivity contribution < 1.29 is 14.2 Å². The van der Waals surface area contributed by atoms with Crippen LogP contribution in [0.15, 0.2) is 33.9 Å².